The Bertz CT molecular complexity index is 1010. The number of carbonyl (C=O) groups excluding carboxylic acids is 5. The van der Waals surface area contributed by atoms with Gasteiger partial charge >= 0.3 is 12.1 Å². The molecule has 0 saturated heterocycles. The first-order valence-corrected chi connectivity index (χ1v) is 11.4. The molecule has 1 rings (SSSR count). The molecule has 0 aliphatic heterocycles. The molecule has 0 aliphatic rings. The average molecular weight is 519 g/mol. The van der Waals surface area contributed by atoms with Gasteiger partial charge in [0.15, 0.2) is 0 Å². The first-order valence-electron chi connectivity index (χ1n) is 11.4. The molecule has 2 unspecified atom stereocenters. The number of primary amides is 1. The second-order valence-corrected chi connectivity index (χ2v) is 8.92. The SMILES string of the molecule is C#Cc1ccc(C(C(=O)NCC(=O)OC)N(CCO)C(=O)C(CCC(N)=O)NC(=O)OC(C)(C)C)cc1. The standard InChI is InChI=1S/C25H34N4O8/c1-6-16-7-9-17(10-8-16)21(22(33)27-15-20(32)36-5)29(13-14-30)23(34)18(11-12-19(26)31)28-24(35)37-25(2,3)4/h1,7-10,18,21,30H,11-15H2,2-5H3,(H2,26,31)(H,27,33)(H,28,35). The number of benzene rings is 1. The lowest BCUT2D eigenvalue weighted by Crippen LogP contribution is -2.54. The average Bonchev–Trinajstić information content (AvgIpc) is 2.83. The van der Waals surface area contributed by atoms with Crippen LogP contribution in [0.2, 0.25) is 0 Å². The number of methoxy groups -OCH3 is 1. The predicted octanol–water partition coefficient (Wildman–Crippen LogP) is -0.0221. The van der Waals surface area contributed by atoms with Gasteiger partial charge in [0, 0.05) is 18.5 Å². The summed E-state index contributed by atoms with van der Waals surface area (Å²) in [6, 6.07) is 3.49. The molecule has 202 valence electrons. The van der Waals surface area contributed by atoms with Crippen molar-refractivity contribution in [3.8, 4) is 12.3 Å². The number of hydrogen-bond acceptors (Lipinski definition) is 8. The Morgan fingerprint density at radius 1 is 1.16 bits per heavy atom. The highest BCUT2D eigenvalue weighted by Gasteiger charge is 2.36. The highest BCUT2D eigenvalue weighted by atomic mass is 16.6. The largest absolute Gasteiger partial charge is 0.468 e. The molecule has 4 amide bonds. The van der Waals surface area contributed by atoms with Gasteiger partial charge in [-0.15, -0.1) is 6.42 Å². The molecular weight excluding hydrogens is 484 g/mol. The van der Waals surface area contributed by atoms with Crippen LogP contribution in [0.1, 0.15) is 50.8 Å². The van der Waals surface area contributed by atoms with Crippen molar-refractivity contribution < 1.29 is 38.6 Å². The summed E-state index contributed by atoms with van der Waals surface area (Å²) >= 11 is 0. The lowest BCUT2D eigenvalue weighted by Gasteiger charge is -2.34. The predicted molar refractivity (Wildman–Crippen MR) is 133 cm³/mol. The van der Waals surface area contributed by atoms with Crippen LogP contribution in [0.5, 0.6) is 0 Å². The van der Waals surface area contributed by atoms with E-state index < -0.39 is 60.6 Å². The van der Waals surface area contributed by atoms with Gasteiger partial charge in [-0.1, -0.05) is 18.1 Å². The van der Waals surface area contributed by atoms with Gasteiger partial charge in [-0.3, -0.25) is 19.2 Å². The molecule has 0 spiro atoms. The number of rotatable bonds is 12. The highest BCUT2D eigenvalue weighted by molar-refractivity contribution is 5.93. The molecule has 12 nitrogen and oxygen atoms in total. The van der Waals surface area contributed by atoms with Gasteiger partial charge in [0.05, 0.1) is 13.7 Å². The van der Waals surface area contributed by atoms with Crippen molar-refractivity contribution in [3.63, 3.8) is 0 Å². The zero-order valence-corrected chi connectivity index (χ0v) is 21.4. The number of aliphatic hydroxyl groups excluding tert-OH is 1. The topological polar surface area (TPSA) is 177 Å². The zero-order chi connectivity index (χ0) is 28.2. The molecule has 12 heteroatoms. The number of amides is 4. The fraction of sp³-hybridized carbons (Fsp3) is 0.480. The summed E-state index contributed by atoms with van der Waals surface area (Å²) in [6.07, 6.45) is 4.03. The van der Waals surface area contributed by atoms with E-state index in [1.807, 2.05) is 0 Å². The second-order valence-electron chi connectivity index (χ2n) is 8.92. The maximum absolute atomic E-state index is 13.7. The molecule has 37 heavy (non-hydrogen) atoms. The highest BCUT2D eigenvalue weighted by Crippen LogP contribution is 2.24. The molecule has 0 heterocycles. The lowest BCUT2D eigenvalue weighted by atomic mass is 10.0. The number of alkyl carbamates (subject to hydrolysis) is 1. The number of carbonyl (C=O) groups is 5. The van der Waals surface area contributed by atoms with Crippen LogP contribution in [0, 0.1) is 12.3 Å². The number of hydrogen-bond donors (Lipinski definition) is 4. The first-order chi connectivity index (χ1) is 17.3. The van der Waals surface area contributed by atoms with E-state index in [1.165, 1.54) is 12.1 Å². The fourth-order valence-corrected chi connectivity index (χ4v) is 3.23. The van der Waals surface area contributed by atoms with Crippen molar-refractivity contribution in [2.75, 3.05) is 26.8 Å². The molecule has 2 atom stereocenters. The van der Waals surface area contributed by atoms with Crippen molar-refractivity contribution in [2.24, 2.45) is 5.73 Å². The van der Waals surface area contributed by atoms with Crippen LogP contribution >= 0.6 is 0 Å². The summed E-state index contributed by atoms with van der Waals surface area (Å²) in [4.78, 5) is 63.4. The Balaban J connectivity index is 3.45. The number of aliphatic hydroxyl groups is 1. The monoisotopic (exact) mass is 518 g/mol. The third-order valence-electron chi connectivity index (χ3n) is 4.88. The Morgan fingerprint density at radius 3 is 2.27 bits per heavy atom. The smallest absolute Gasteiger partial charge is 0.408 e. The summed E-state index contributed by atoms with van der Waals surface area (Å²) in [6.45, 7) is 3.56. The van der Waals surface area contributed by atoms with Gasteiger partial charge in [0.25, 0.3) is 0 Å². The Morgan fingerprint density at radius 2 is 1.78 bits per heavy atom. The van der Waals surface area contributed by atoms with E-state index in [0.717, 1.165) is 12.0 Å². The summed E-state index contributed by atoms with van der Waals surface area (Å²) in [7, 11) is 1.15. The third kappa shape index (κ3) is 10.6. The molecule has 0 radical (unpaired) electrons. The van der Waals surface area contributed by atoms with Crippen LogP contribution in [-0.2, 0) is 28.7 Å². The van der Waals surface area contributed by atoms with Gasteiger partial charge in [0.1, 0.15) is 24.2 Å². The van der Waals surface area contributed by atoms with E-state index in [9.17, 15) is 29.1 Å². The molecule has 0 aliphatic carbocycles. The van der Waals surface area contributed by atoms with Crippen LogP contribution in [0.4, 0.5) is 4.79 Å². The van der Waals surface area contributed by atoms with Gasteiger partial charge in [0.2, 0.25) is 17.7 Å². The molecular formula is C25H34N4O8. The van der Waals surface area contributed by atoms with Crippen molar-refractivity contribution >= 4 is 29.8 Å². The van der Waals surface area contributed by atoms with Gasteiger partial charge in [-0.25, -0.2) is 4.79 Å². The zero-order valence-electron chi connectivity index (χ0n) is 21.4. The molecule has 0 fully saturated rings. The Kier molecular flexibility index (Phi) is 12.1. The molecule has 5 N–H and O–H groups in total. The quantitative estimate of drug-likeness (QED) is 0.220. The maximum atomic E-state index is 13.7. The van der Waals surface area contributed by atoms with Gasteiger partial charge in [-0.2, -0.15) is 0 Å². The van der Waals surface area contributed by atoms with E-state index in [2.05, 4.69) is 21.3 Å². The summed E-state index contributed by atoms with van der Waals surface area (Å²) in [5.41, 5.74) is 5.20. The number of nitrogens with one attached hydrogen (secondary N) is 2. The minimum absolute atomic E-state index is 0.193. The normalized spacial score (nSPS) is 12.3. The molecule has 1 aromatic carbocycles. The Hall–Kier alpha value is -4.11. The van der Waals surface area contributed by atoms with Crippen LogP contribution in [0.3, 0.4) is 0 Å². The Labute approximate surface area is 215 Å². The number of nitrogens with zero attached hydrogens (tertiary/aromatic N) is 1. The van der Waals surface area contributed by atoms with Crippen LogP contribution in [0.25, 0.3) is 0 Å². The number of terminal acetylenes is 1. The summed E-state index contributed by atoms with van der Waals surface area (Å²) < 4.78 is 9.77. The van der Waals surface area contributed by atoms with Crippen LogP contribution in [-0.4, -0.2) is 78.2 Å². The first kappa shape index (κ1) is 30.9. The third-order valence-corrected chi connectivity index (χ3v) is 4.88. The van der Waals surface area contributed by atoms with E-state index in [0.29, 0.717) is 11.1 Å². The lowest BCUT2D eigenvalue weighted by molar-refractivity contribution is -0.145. The molecule has 0 aromatic heterocycles. The van der Waals surface area contributed by atoms with Crippen LogP contribution in [0.15, 0.2) is 24.3 Å². The van der Waals surface area contributed by atoms with E-state index >= 15 is 0 Å². The van der Waals surface area contributed by atoms with E-state index in [1.54, 1.807) is 32.9 Å². The maximum Gasteiger partial charge on any atom is 0.408 e. The van der Waals surface area contributed by atoms with Gasteiger partial charge in [-0.05, 0) is 44.9 Å². The number of nitrogens with two attached hydrogens (primary N) is 1. The summed E-state index contributed by atoms with van der Waals surface area (Å²) in [5.74, 6) is -0.538. The molecule has 1 aromatic rings. The second kappa shape index (κ2) is 14.4. The van der Waals surface area contributed by atoms with Crippen molar-refractivity contribution in [3.05, 3.63) is 35.4 Å². The van der Waals surface area contributed by atoms with E-state index in [-0.39, 0.29) is 19.4 Å². The van der Waals surface area contributed by atoms with Crippen molar-refractivity contribution in [1.82, 2.24) is 15.5 Å². The van der Waals surface area contributed by atoms with Crippen molar-refractivity contribution in [2.45, 2.75) is 51.3 Å². The number of esters is 1. The minimum atomic E-state index is -1.34. The van der Waals surface area contributed by atoms with Crippen molar-refractivity contribution in [1.29, 1.82) is 0 Å². The number of ether oxygens (including phenoxy) is 2. The van der Waals surface area contributed by atoms with E-state index in [4.69, 9.17) is 16.9 Å². The minimum Gasteiger partial charge on any atom is -0.468 e. The van der Waals surface area contributed by atoms with Gasteiger partial charge < -0.3 is 35.8 Å². The summed E-state index contributed by atoms with van der Waals surface area (Å²) in [5, 5.41) is 14.5. The van der Waals surface area contributed by atoms with Crippen LogP contribution < -0.4 is 16.4 Å². The molecule has 0 saturated carbocycles. The fourth-order valence-electron chi connectivity index (χ4n) is 3.23. The molecule has 0 bridgehead atoms.